The summed E-state index contributed by atoms with van der Waals surface area (Å²) in [6.07, 6.45) is 0. The molecular weight excluding hydrogens is 439 g/mol. The summed E-state index contributed by atoms with van der Waals surface area (Å²) < 4.78 is 1.77. The summed E-state index contributed by atoms with van der Waals surface area (Å²) in [5, 5.41) is 6.18. The zero-order valence-electron chi connectivity index (χ0n) is 10.5. The minimum absolute atomic E-state index is 0.187. The number of carbonyl (C=O) groups excluding carboxylic acids is 1. The van der Waals surface area contributed by atoms with Crippen LogP contribution in [0, 0.1) is 0 Å². The van der Waals surface area contributed by atoms with Gasteiger partial charge in [0.1, 0.15) is 0 Å². The Balaban J connectivity index is 2.01. The first-order valence-electron chi connectivity index (χ1n) is 5.78. The molecule has 0 bridgehead atoms. The van der Waals surface area contributed by atoms with E-state index in [0.717, 1.165) is 8.95 Å². The monoisotopic (exact) mass is 446 g/mol. The Labute approximate surface area is 149 Å². The molecule has 0 saturated heterocycles. The first-order chi connectivity index (χ1) is 9.95. The number of thiocarbonyl (C=S) groups is 1. The standard InChI is InChI=1S/C14H9Br2ClN2OS/c15-9-3-1-8(2-4-9)13(20)19-14(21)18-12-6-5-10(16)7-11(12)17/h1-7H,(H2,18,19,20,21). The van der Waals surface area contributed by atoms with Gasteiger partial charge in [-0.3, -0.25) is 10.1 Å². The van der Waals surface area contributed by atoms with Crippen LogP contribution in [0.2, 0.25) is 5.02 Å². The van der Waals surface area contributed by atoms with Gasteiger partial charge in [0.05, 0.1) is 10.7 Å². The van der Waals surface area contributed by atoms with Crippen LogP contribution in [0.5, 0.6) is 0 Å². The first kappa shape index (κ1) is 16.4. The van der Waals surface area contributed by atoms with Crippen LogP contribution in [-0.2, 0) is 0 Å². The van der Waals surface area contributed by atoms with E-state index in [1.807, 2.05) is 6.07 Å². The van der Waals surface area contributed by atoms with Gasteiger partial charge >= 0.3 is 0 Å². The van der Waals surface area contributed by atoms with Crippen LogP contribution in [0.3, 0.4) is 0 Å². The molecule has 0 aliphatic heterocycles. The normalized spacial score (nSPS) is 10.0. The van der Waals surface area contributed by atoms with Crippen LogP contribution in [0.4, 0.5) is 5.69 Å². The fraction of sp³-hybridized carbons (Fsp3) is 0. The van der Waals surface area contributed by atoms with Crippen molar-refractivity contribution in [1.29, 1.82) is 0 Å². The van der Waals surface area contributed by atoms with Gasteiger partial charge in [-0.05, 0) is 54.7 Å². The number of halogens is 3. The molecule has 2 aromatic carbocycles. The van der Waals surface area contributed by atoms with Gasteiger partial charge in [0, 0.05) is 14.5 Å². The van der Waals surface area contributed by atoms with Gasteiger partial charge < -0.3 is 5.32 Å². The van der Waals surface area contributed by atoms with Crippen molar-refractivity contribution < 1.29 is 4.79 Å². The SMILES string of the molecule is O=C(NC(=S)Nc1ccc(Br)cc1Cl)c1ccc(Br)cc1. The number of amides is 1. The van der Waals surface area contributed by atoms with Gasteiger partial charge in [0.25, 0.3) is 5.91 Å². The molecule has 2 N–H and O–H groups in total. The van der Waals surface area contributed by atoms with Crippen molar-refractivity contribution in [3.8, 4) is 0 Å². The highest BCUT2D eigenvalue weighted by Gasteiger charge is 2.09. The average molecular weight is 449 g/mol. The summed E-state index contributed by atoms with van der Waals surface area (Å²) in [7, 11) is 0. The van der Waals surface area contributed by atoms with Crippen LogP contribution < -0.4 is 10.6 Å². The van der Waals surface area contributed by atoms with E-state index in [1.165, 1.54) is 0 Å². The van der Waals surface area contributed by atoms with E-state index in [1.54, 1.807) is 36.4 Å². The fourth-order valence-electron chi connectivity index (χ4n) is 1.52. The van der Waals surface area contributed by atoms with E-state index < -0.39 is 0 Å². The maximum Gasteiger partial charge on any atom is 0.257 e. The van der Waals surface area contributed by atoms with Crippen molar-refractivity contribution >= 4 is 72.4 Å². The highest BCUT2D eigenvalue weighted by Crippen LogP contribution is 2.25. The van der Waals surface area contributed by atoms with Gasteiger partial charge in [0.15, 0.2) is 5.11 Å². The predicted molar refractivity (Wildman–Crippen MR) is 97.0 cm³/mol. The van der Waals surface area contributed by atoms with Crippen LogP contribution >= 0.6 is 55.7 Å². The maximum atomic E-state index is 12.0. The molecule has 0 aromatic heterocycles. The Morgan fingerprint density at radius 3 is 2.29 bits per heavy atom. The molecule has 2 rings (SSSR count). The number of hydrogen-bond donors (Lipinski definition) is 2. The van der Waals surface area contributed by atoms with Crippen molar-refractivity contribution in [3.63, 3.8) is 0 Å². The highest BCUT2D eigenvalue weighted by molar-refractivity contribution is 9.10. The lowest BCUT2D eigenvalue weighted by molar-refractivity contribution is 0.0977. The summed E-state index contributed by atoms with van der Waals surface area (Å²) in [6.45, 7) is 0. The lowest BCUT2D eigenvalue weighted by atomic mass is 10.2. The number of anilines is 1. The molecule has 3 nitrogen and oxygen atoms in total. The molecule has 0 spiro atoms. The lowest BCUT2D eigenvalue weighted by Crippen LogP contribution is -2.34. The minimum atomic E-state index is -0.284. The Morgan fingerprint density at radius 2 is 1.67 bits per heavy atom. The van der Waals surface area contributed by atoms with E-state index in [2.05, 4.69) is 42.5 Å². The second-order valence-corrected chi connectivity index (χ2v) is 6.69. The van der Waals surface area contributed by atoms with E-state index >= 15 is 0 Å². The number of rotatable bonds is 2. The van der Waals surface area contributed by atoms with Crippen molar-refractivity contribution in [2.45, 2.75) is 0 Å². The third kappa shape index (κ3) is 4.78. The molecule has 21 heavy (non-hydrogen) atoms. The molecular formula is C14H9Br2ClN2OS. The molecule has 0 heterocycles. The van der Waals surface area contributed by atoms with Crippen LogP contribution in [0.1, 0.15) is 10.4 Å². The summed E-state index contributed by atoms with van der Waals surface area (Å²) in [5.41, 5.74) is 1.14. The van der Waals surface area contributed by atoms with Crippen molar-refractivity contribution in [2.75, 3.05) is 5.32 Å². The van der Waals surface area contributed by atoms with Crippen LogP contribution in [0.25, 0.3) is 0 Å². The Kier molecular flexibility index (Phi) is 5.75. The number of nitrogens with one attached hydrogen (secondary N) is 2. The Hall–Kier alpha value is -0.950. The van der Waals surface area contributed by atoms with E-state index in [-0.39, 0.29) is 11.0 Å². The van der Waals surface area contributed by atoms with E-state index in [9.17, 15) is 4.79 Å². The third-order valence-electron chi connectivity index (χ3n) is 2.51. The third-order valence-corrected chi connectivity index (χ3v) is 4.05. The number of hydrogen-bond acceptors (Lipinski definition) is 2. The summed E-state index contributed by atoms with van der Waals surface area (Å²) in [4.78, 5) is 12.0. The molecule has 0 radical (unpaired) electrons. The molecule has 0 atom stereocenters. The molecule has 2 aromatic rings. The fourth-order valence-corrected chi connectivity index (χ4v) is 2.71. The van der Waals surface area contributed by atoms with E-state index in [4.69, 9.17) is 23.8 Å². The average Bonchev–Trinajstić information content (AvgIpc) is 2.42. The Morgan fingerprint density at radius 1 is 1.05 bits per heavy atom. The molecule has 0 fully saturated rings. The number of carbonyl (C=O) groups is 1. The second kappa shape index (κ2) is 7.35. The van der Waals surface area contributed by atoms with E-state index in [0.29, 0.717) is 16.3 Å². The van der Waals surface area contributed by atoms with Crippen LogP contribution in [-0.4, -0.2) is 11.0 Å². The molecule has 0 aliphatic carbocycles. The zero-order chi connectivity index (χ0) is 15.4. The smallest absolute Gasteiger partial charge is 0.257 e. The quantitative estimate of drug-likeness (QED) is 0.636. The maximum absolute atomic E-state index is 12.0. The van der Waals surface area contributed by atoms with Crippen molar-refractivity contribution in [2.24, 2.45) is 0 Å². The van der Waals surface area contributed by atoms with Crippen molar-refractivity contribution in [3.05, 3.63) is 62.0 Å². The topological polar surface area (TPSA) is 41.1 Å². The summed E-state index contributed by atoms with van der Waals surface area (Å²) >= 11 is 17.8. The van der Waals surface area contributed by atoms with Gasteiger partial charge in [-0.1, -0.05) is 43.5 Å². The molecule has 0 unspecified atom stereocenters. The van der Waals surface area contributed by atoms with Gasteiger partial charge in [-0.2, -0.15) is 0 Å². The van der Waals surface area contributed by atoms with Gasteiger partial charge in [0.2, 0.25) is 0 Å². The minimum Gasteiger partial charge on any atom is -0.331 e. The van der Waals surface area contributed by atoms with Crippen LogP contribution in [0.15, 0.2) is 51.4 Å². The predicted octanol–water partition coefficient (Wildman–Crippen LogP) is 4.99. The van der Waals surface area contributed by atoms with Gasteiger partial charge in [-0.25, -0.2) is 0 Å². The number of benzene rings is 2. The highest BCUT2D eigenvalue weighted by atomic mass is 79.9. The van der Waals surface area contributed by atoms with Crippen molar-refractivity contribution in [1.82, 2.24) is 5.32 Å². The zero-order valence-corrected chi connectivity index (χ0v) is 15.2. The first-order valence-corrected chi connectivity index (χ1v) is 8.16. The summed E-state index contributed by atoms with van der Waals surface area (Å²) in [5.74, 6) is -0.284. The molecule has 108 valence electrons. The van der Waals surface area contributed by atoms with Gasteiger partial charge in [-0.15, -0.1) is 0 Å². The largest absolute Gasteiger partial charge is 0.331 e. The molecule has 0 aliphatic rings. The molecule has 0 saturated carbocycles. The lowest BCUT2D eigenvalue weighted by Gasteiger charge is -2.11. The molecule has 1 amide bonds. The summed E-state index contributed by atoms with van der Waals surface area (Å²) in [6, 6.07) is 12.3. The molecule has 7 heteroatoms. The Bertz CT molecular complexity index is 692. The second-order valence-electron chi connectivity index (χ2n) is 4.04.